The molecule has 1 aromatic rings. The van der Waals surface area contributed by atoms with Crippen LogP contribution in [0.3, 0.4) is 0 Å². The summed E-state index contributed by atoms with van der Waals surface area (Å²) >= 11 is 1.37. The van der Waals surface area contributed by atoms with Crippen LogP contribution in [0.5, 0.6) is 0 Å². The van der Waals surface area contributed by atoms with Gasteiger partial charge in [0.1, 0.15) is 5.57 Å². The van der Waals surface area contributed by atoms with Crippen molar-refractivity contribution >= 4 is 22.9 Å². The number of hydrogen-bond donors (Lipinski definition) is 1. The summed E-state index contributed by atoms with van der Waals surface area (Å²) in [5.74, 6) is -0.973. The van der Waals surface area contributed by atoms with Crippen LogP contribution >= 0.6 is 11.3 Å². The highest BCUT2D eigenvalue weighted by atomic mass is 32.1. The van der Waals surface area contributed by atoms with Crippen LogP contribution in [0.15, 0.2) is 23.8 Å². The summed E-state index contributed by atoms with van der Waals surface area (Å²) < 4.78 is 4.65. The Morgan fingerprint density at radius 1 is 1.75 bits per heavy atom. The number of carbonyl (C=O) groups is 1. The number of carboxylic acid groups (broad SMARTS) is 1. The Morgan fingerprint density at radius 2 is 2.50 bits per heavy atom. The monoisotopic (exact) mass is 184 g/mol. The highest BCUT2D eigenvalue weighted by molar-refractivity contribution is 7.11. The van der Waals surface area contributed by atoms with Gasteiger partial charge < -0.3 is 9.84 Å². The number of ether oxygens (including phenoxy) is 1. The molecule has 1 rings (SSSR count). The molecule has 0 bridgehead atoms. The Hall–Kier alpha value is -1.29. The molecule has 0 saturated heterocycles. The zero-order valence-electron chi connectivity index (χ0n) is 6.48. The minimum Gasteiger partial charge on any atom is -0.503 e. The van der Waals surface area contributed by atoms with Crippen LogP contribution < -0.4 is 0 Å². The van der Waals surface area contributed by atoms with Crippen molar-refractivity contribution in [2.75, 3.05) is 7.11 Å². The van der Waals surface area contributed by atoms with Crippen LogP contribution in [-0.2, 0) is 9.53 Å². The maximum atomic E-state index is 10.6. The van der Waals surface area contributed by atoms with E-state index in [0.29, 0.717) is 4.88 Å². The van der Waals surface area contributed by atoms with Gasteiger partial charge in [0.2, 0.25) is 0 Å². The number of thiophene rings is 1. The second-order valence-electron chi connectivity index (χ2n) is 2.05. The third-order valence-electron chi connectivity index (χ3n) is 1.25. The van der Waals surface area contributed by atoms with Gasteiger partial charge in [0.25, 0.3) is 0 Å². The van der Waals surface area contributed by atoms with Gasteiger partial charge in [-0.1, -0.05) is 6.07 Å². The van der Waals surface area contributed by atoms with Gasteiger partial charge in [-0.2, -0.15) is 0 Å². The summed E-state index contributed by atoms with van der Waals surface area (Å²) in [7, 11) is 1.43. The molecule has 0 aliphatic rings. The number of methoxy groups -OCH3 is 1. The number of carboxylic acids is 1. The van der Waals surface area contributed by atoms with Crippen molar-refractivity contribution in [1.29, 1.82) is 0 Å². The number of rotatable bonds is 3. The Morgan fingerprint density at radius 3 is 2.92 bits per heavy atom. The molecular formula is C8H8O3S. The molecule has 0 saturated carbocycles. The van der Waals surface area contributed by atoms with Gasteiger partial charge in [0, 0.05) is 4.88 Å². The van der Waals surface area contributed by atoms with E-state index in [1.807, 2.05) is 5.38 Å². The predicted molar refractivity (Wildman–Crippen MR) is 46.9 cm³/mol. The van der Waals surface area contributed by atoms with Crippen LogP contribution in [0.25, 0.3) is 5.57 Å². The third-order valence-corrected chi connectivity index (χ3v) is 2.16. The fourth-order valence-electron chi connectivity index (χ4n) is 0.764. The van der Waals surface area contributed by atoms with Crippen molar-refractivity contribution in [3.05, 3.63) is 28.7 Å². The summed E-state index contributed by atoms with van der Waals surface area (Å²) in [6.07, 6.45) is 1.23. The molecule has 12 heavy (non-hydrogen) atoms. The number of hydrogen-bond acceptors (Lipinski definition) is 3. The molecular weight excluding hydrogens is 176 g/mol. The molecule has 0 unspecified atom stereocenters. The fraction of sp³-hybridized carbons (Fsp3) is 0.125. The first-order chi connectivity index (χ1) is 5.75. The Balaban J connectivity index is 2.96. The number of aliphatic carboxylic acids is 1. The van der Waals surface area contributed by atoms with Crippen LogP contribution in [0.1, 0.15) is 4.88 Å². The van der Waals surface area contributed by atoms with E-state index in [9.17, 15) is 4.79 Å². The second-order valence-corrected chi connectivity index (χ2v) is 3.00. The molecule has 1 aromatic heterocycles. The highest BCUT2D eigenvalue weighted by Gasteiger charge is 2.10. The largest absolute Gasteiger partial charge is 0.503 e. The molecule has 64 valence electrons. The van der Waals surface area contributed by atoms with Gasteiger partial charge in [0.15, 0.2) is 0 Å². The zero-order chi connectivity index (χ0) is 8.97. The maximum absolute atomic E-state index is 10.6. The Bertz CT molecular complexity index is 287. The van der Waals surface area contributed by atoms with E-state index >= 15 is 0 Å². The standard InChI is InChI=1S/C8H8O3S/c1-11-5-6(8(9)10)7-3-2-4-12-7/h2-5H,1H3,(H,9,10). The Kier molecular flexibility index (Phi) is 2.88. The van der Waals surface area contributed by atoms with E-state index < -0.39 is 5.97 Å². The first-order valence-corrected chi connectivity index (χ1v) is 4.14. The average Bonchev–Trinajstić information content (AvgIpc) is 2.51. The van der Waals surface area contributed by atoms with Crippen LogP contribution in [0, 0.1) is 0 Å². The van der Waals surface area contributed by atoms with Crippen LogP contribution in [0.4, 0.5) is 0 Å². The van der Waals surface area contributed by atoms with E-state index in [-0.39, 0.29) is 5.57 Å². The molecule has 1 N–H and O–H groups in total. The van der Waals surface area contributed by atoms with Crippen molar-refractivity contribution in [2.24, 2.45) is 0 Å². The smallest absolute Gasteiger partial charge is 0.340 e. The molecule has 0 aliphatic heterocycles. The summed E-state index contributed by atoms with van der Waals surface area (Å²) in [5.41, 5.74) is 0.188. The topological polar surface area (TPSA) is 46.5 Å². The van der Waals surface area contributed by atoms with Crippen LogP contribution in [0.2, 0.25) is 0 Å². The molecule has 0 atom stereocenters. The summed E-state index contributed by atoms with van der Waals surface area (Å²) in [6, 6.07) is 3.54. The van der Waals surface area contributed by atoms with Gasteiger partial charge in [0.05, 0.1) is 13.4 Å². The first kappa shape index (κ1) is 8.80. The molecule has 0 radical (unpaired) electrons. The molecule has 0 fully saturated rings. The van der Waals surface area contributed by atoms with Crippen molar-refractivity contribution in [3.8, 4) is 0 Å². The summed E-state index contributed by atoms with van der Waals surface area (Å²) in [5, 5.41) is 10.6. The molecule has 0 aromatic carbocycles. The highest BCUT2D eigenvalue weighted by Crippen LogP contribution is 2.19. The maximum Gasteiger partial charge on any atom is 0.340 e. The van der Waals surface area contributed by atoms with Gasteiger partial charge in [-0.25, -0.2) is 4.79 Å². The SMILES string of the molecule is COC=C(C(=O)O)c1cccs1. The van der Waals surface area contributed by atoms with Crippen molar-refractivity contribution < 1.29 is 14.6 Å². The predicted octanol–water partition coefficient (Wildman–Crippen LogP) is 1.82. The average molecular weight is 184 g/mol. The summed E-state index contributed by atoms with van der Waals surface area (Å²) in [4.78, 5) is 11.3. The van der Waals surface area contributed by atoms with Crippen molar-refractivity contribution in [3.63, 3.8) is 0 Å². The lowest BCUT2D eigenvalue weighted by Gasteiger charge is -1.96. The Labute approximate surface area is 73.9 Å². The quantitative estimate of drug-likeness (QED) is 0.575. The van der Waals surface area contributed by atoms with E-state index in [0.717, 1.165) is 0 Å². The molecule has 3 nitrogen and oxygen atoms in total. The van der Waals surface area contributed by atoms with Gasteiger partial charge >= 0.3 is 5.97 Å². The van der Waals surface area contributed by atoms with E-state index in [1.165, 1.54) is 24.7 Å². The lowest BCUT2D eigenvalue weighted by atomic mass is 10.2. The first-order valence-electron chi connectivity index (χ1n) is 3.26. The molecule has 0 amide bonds. The molecule has 1 heterocycles. The van der Waals surface area contributed by atoms with Gasteiger partial charge in [-0.05, 0) is 11.4 Å². The fourth-order valence-corrected chi connectivity index (χ4v) is 1.49. The van der Waals surface area contributed by atoms with E-state index in [2.05, 4.69) is 4.74 Å². The lowest BCUT2D eigenvalue weighted by Crippen LogP contribution is -1.97. The lowest BCUT2D eigenvalue weighted by molar-refractivity contribution is -0.130. The van der Waals surface area contributed by atoms with Gasteiger partial charge in [-0.15, -0.1) is 11.3 Å². The van der Waals surface area contributed by atoms with E-state index in [1.54, 1.807) is 12.1 Å². The molecule has 0 spiro atoms. The zero-order valence-corrected chi connectivity index (χ0v) is 7.30. The summed E-state index contributed by atoms with van der Waals surface area (Å²) in [6.45, 7) is 0. The van der Waals surface area contributed by atoms with Crippen LogP contribution in [-0.4, -0.2) is 18.2 Å². The minimum absolute atomic E-state index is 0.188. The minimum atomic E-state index is -0.973. The van der Waals surface area contributed by atoms with E-state index in [4.69, 9.17) is 5.11 Å². The van der Waals surface area contributed by atoms with Crippen molar-refractivity contribution in [2.45, 2.75) is 0 Å². The van der Waals surface area contributed by atoms with Gasteiger partial charge in [-0.3, -0.25) is 0 Å². The molecule has 4 heteroatoms. The molecule has 0 aliphatic carbocycles. The second kappa shape index (κ2) is 3.92. The third kappa shape index (κ3) is 1.85. The normalized spacial score (nSPS) is 11.2. The van der Waals surface area contributed by atoms with Crippen molar-refractivity contribution in [1.82, 2.24) is 0 Å².